The summed E-state index contributed by atoms with van der Waals surface area (Å²) in [7, 11) is 0. The van der Waals surface area contributed by atoms with Gasteiger partial charge in [-0.25, -0.2) is 0 Å². The van der Waals surface area contributed by atoms with Gasteiger partial charge in [0, 0.05) is 22.5 Å². The Labute approximate surface area is 136 Å². The minimum absolute atomic E-state index is 0.383. The van der Waals surface area contributed by atoms with Crippen LogP contribution in [0.3, 0.4) is 0 Å². The summed E-state index contributed by atoms with van der Waals surface area (Å²) < 4.78 is 5.41. The molecule has 1 aromatic heterocycles. The maximum atomic E-state index is 6.28. The van der Waals surface area contributed by atoms with Crippen molar-refractivity contribution >= 4 is 23.2 Å². The van der Waals surface area contributed by atoms with Crippen molar-refractivity contribution < 1.29 is 4.42 Å². The maximum absolute atomic E-state index is 6.28. The van der Waals surface area contributed by atoms with E-state index in [4.69, 9.17) is 27.6 Å². The maximum Gasteiger partial charge on any atom is 0.103 e. The lowest BCUT2D eigenvalue weighted by Crippen LogP contribution is -2.32. The second kappa shape index (κ2) is 8.47. The fourth-order valence-electron chi connectivity index (χ4n) is 2.35. The molecule has 21 heavy (non-hydrogen) atoms. The van der Waals surface area contributed by atoms with E-state index in [0.29, 0.717) is 11.1 Å². The molecule has 2 nitrogen and oxygen atoms in total. The first-order valence-corrected chi connectivity index (χ1v) is 8.14. The van der Waals surface area contributed by atoms with Crippen LogP contribution in [0.2, 0.25) is 10.0 Å². The van der Waals surface area contributed by atoms with E-state index in [1.54, 1.807) is 6.26 Å². The highest BCUT2D eigenvalue weighted by atomic mass is 35.5. The molecule has 0 radical (unpaired) electrons. The van der Waals surface area contributed by atoms with Gasteiger partial charge in [0.15, 0.2) is 0 Å². The van der Waals surface area contributed by atoms with E-state index in [1.807, 2.05) is 30.3 Å². The summed E-state index contributed by atoms with van der Waals surface area (Å²) in [4.78, 5) is 0. The van der Waals surface area contributed by atoms with Crippen LogP contribution in [0.25, 0.3) is 0 Å². The molecule has 0 spiro atoms. The first-order valence-electron chi connectivity index (χ1n) is 7.38. The van der Waals surface area contributed by atoms with Gasteiger partial charge >= 0.3 is 0 Å². The Balaban J connectivity index is 1.97. The number of hydrogen-bond donors (Lipinski definition) is 1. The quantitative estimate of drug-likeness (QED) is 0.727. The molecule has 0 amide bonds. The Kier molecular flexibility index (Phi) is 6.62. The Morgan fingerprint density at radius 1 is 1.24 bits per heavy atom. The van der Waals surface area contributed by atoms with Crippen molar-refractivity contribution in [1.29, 1.82) is 0 Å². The van der Waals surface area contributed by atoms with E-state index in [1.165, 1.54) is 0 Å². The molecule has 0 saturated heterocycles. The molecular formula is C17H21Cl2NO. The van der Waals surface area contributed by atoms with Gasteiger partial charge in [-0.1, -0.05) is 36.2 Å². The summed E-state index contributed by atoms with van der Waals surface area (Å²) in [5.74, 6) is 1.03. The van der Waals surface area contributed by atoms with Crippen molar-refractivity contribution in [2.75, 3.05) is 6.54 Å². The highest BCUT2D eigenvalue weighted by Gasteiger charge is 2.12. The molecule has 0 saturated carbocycles. The van der Waals surface area contributed by atoms with Crippen LogP contribution in [0.15, 0.2) is 41.0 Å². The minimum atomic E-state index is 0.383. The Hall–Kier alpha value is -0.960. The van der Waals surface area contributed by atoms with Crippen molar-refractivity contribution in [1.82, 2.24) is 5.32 Å². The fourth-order valence-corrected chi connectivity index (χ4v) is 2.83. The van der Waals surface area contributed by atoms with Crippen LogP contribution in [0.4, 0.5) is 0 Å². The second-order valence-electron chi connectivity index (χ2n) is 5.21. The number of halogens is 2. The first kappa shape index (κ1) is 16.4. The van der Waals surface area contributed by atoms with E-state index in [-0.39, 0.29) is 0 Å². The van der Waals surface area contributed by atoms with Crippen LogP contribution in [-0.2, 0) is 12.8 Å². The second-order valence-corrected chi connectivity index (χ2v) is 6.05. The summed E-state index contributed by atoms with van der Waals surface area (Å²) in [6.07, 6.45) is 5.69. The molecule has 4 heteroatoms. The van der Waals surface area contributed by atoms with Crippen molar-refractivity contribution in [3.05, 3.63) is 58.0 Å². The van der Waals surface area contributed by atoms with Gasteiger partial charge in [0.1, 0.15) is 5.76 Å². The molecular weight excluding hydrogens is 305 g/mol. The third-order valence-corrected chi connectivity index (χ3v) is 4.07. The largest absolute Gasteiger partial charge is 0.469 e. The van der Waals surface area contributed by atoms with E-state index in [2.05, 4.69) is 12.2 Å². The molecule has 1 heterocycles. The number of benzene rings is 1. The highest BCUT2D eigenvalue weighted by Crippen LogP contribution is 2.23. The molecule has 0 aliphatic heterocycles. The molecule has 114 valence electrons. The Morgan fingerprint density at radius 3 is 2.76 bits per heavy atom. The molecule has 0 bridgehead atoms. The van der Waals surface area contributed by atoms with Gasteiger partial charge in [0.2, 0.25) is 0 Å². The molecule has 0 fully saturated rings. The van der Waals surface area contributed by atoms with Crippen molar-refractivity contribution in [2.24, 2.45) is 0 Å². The summed E-state index contributed by atoms with van der Waals surface area (Å²) >= 11 is 12.2. The lowest BCUT2D eigenvalue weighted by atomic mass is 10.0. The van der Waals surface area contributed by atoms with Crippen LogP contribution in [0, 0.1) is 0 Å². The predicted octanol–water partition coefficient (Wildman–Crippen LogP) is 5.13. The van der Waals surface area contributed by atoms with E-state index < -0.39 is 0 Å². The molecule has 1 unspecified atom stereocenters. The Morgan fingerprint density at radius 2 is 2.10 bits per heavy atom. The van der Waals surface area contributed by atoms with Crippen LogP contribution >= 0.6 is 23.2 Å². The highest BCUT2D eigenvalue weighted by molar-refractivity contribution is 6.35. The molecule has 1 atom stereocenters. The van der Waals surface area contributed by atoms with Crippen molar-refractivity contribution in [3.8, 4) is 0 Å². The first-order chi connectivity index (χ1) is 10.2. The van der Waals surface area contributed by atoms with E-state index in [0.717, 1.165) is 48.6 Å². The minimum Gasteiger partial charge on any atom is -0.469 e. The van der Waals surface area contributed by atoms with Crippen LogP contribution in [0.5, 0.6) is 0 Å². The van der Waals surface area contributed by atoms with Gasteiger partial charge in [0.05, 0.1) is 6.26 Å². The lowest BCUT2D eigenvalue weighted by Gasteiger charge is -2.19. The summed E-state index contributed by atoms with van der Waals surface area (Å²) in [6.45, 7) is 3.18. The van der Waals surface area contributed by atoms with Gasteiger partial charge in [-0.15, -0.1) is 0 Å². The number of hydrogen-bond acceptors (Lipinski definition) is 2. The van der Waals surface area contributed by atoms with Gasteiger partial charge < -0.3 is 9.73 Å². The molecule has 1 aromatic carbocycles. The predicted molar refractivity (Wildman–Crippen MR) is 89.3 cm³/mol. The zero-order valence-corrected chi connectivity index (χ0v) is 13.8. The van der Waals surface area contributed by atoms with Gasteiger partial charge in [-0.2, -0.15) is 0 Å². The van der Waals surface area contributed by atoms with Crippen LogP contribution < -0.4 is 5.32 Å². The smallest absolute Gasteiger partial charge is 0.103 e. The summed E-state index contributed by atoms with van der Waals surface area (Å²) in [6, 6.07) is 10.0. The normalized spacial score (nSPS) is 12.5. The van der Waals surface area contributed by atoms with Gasteiger partial charge in [0.25, 0.3) is 0 Å². The average Bonchev–Trinajstić information content (AvgIpc) is 2.97. The third kappa shape index (κ3) is 5.39. The molecule has 0 aliphatic carbocycles. The standard InChI is InChI=1S/C17H21Cl2NO/c1-2-9-20-15(7-8-16-4-3-10-21-16)11-13-5-6-14(18)12-17(13)19/h3-6,10,12,15,20H,2,7-9,11H2,1H3. The molecule has 0 aliphatic rings. The molecule has 2 rings (SSSR count). The zero-order chi connectivity index (χ0) is 15.1. The third-order valence-electron chi connectivity index (χ3n) is 3.48. The Bertz CT molecular complexity index is 540. The number of nitrogens with one attached hydrogen (secondary N) is 1. The number of furan rings is 1. The number of aryl methyl sites for hydroxylation is 1. The SMILES string of the molecule is CCCNC(CCc1ccco1)Cc1ccc(Cl)cc1Cl. The van der Waals surface area contributed by atoms with Crippen LogP contribution in [-0.4, -0.2) is 12.6 Å². The van der Waals surface area contributed by atoms with Crippen LogP contribution in [0.1, 0.15) is 31.1 Å². The van der Waals surface area contributed by atoms with E-state index in [9.17, 15) is 0 Å². The topological polar surface area (TPSA) is 25.2 Å². The van der Waals surface area contributed by atoms with Crippen molar-refractivity contribution in [3.63, 3.8) is 0 Å². The van der Waals surface area contributed by atoms with E-state index >= 15 is 0 Å². The van der Waals surface area contributed by atoms with Crippen molar-refractivity contribution in [2.45, 2.75) is 38.6 Å². The lowest BCUT2D eigenvalue weighted by molar-refractivity contribution is 0.441. The average molecular weight is 326 g/mol. The number of rotatable bonds is 8. The zero-order valence-electron chi connectivity index (χ0n) is 12.2. The summed E-state index contributed by atoms with van der Waals surface area (Å²) in [5.41, 5.74) is 1.13. The molecule has 2 aromatic rings. The summed E-state index contributed by atoms with van der Waals surface area (Å²) in [5, 5.41) is 5.01. The molecule has 1 N–H and O–H groups in total. The fraction of sp³-hybridized carbons (Fsp3) is 0.412. The van der Waals surface area contributed by atoms with Gasteiger partial charge in [-0.3, -0.25) is 0 Å². The monoisotopic (exact) mass is 325 g/mol. The van der Waals surface area contributed by atoms with Gasteiger partial charge in [-0.05, 0) is 55.6 Å².